The molecule has 1 atom stereocenters. The van der Waals surface area contributed by atoms with E-state index in [0.717, 1.165) is 11.5 Å². The molecule has 0 radical (unpaired) electrons. The van der Waals surface area contributed by atoms with Gasteiger partial charge in [-0.15, -0.1) is 0 Å². The molecule has 20 heavy (non-hydrogen) atoms. The monoisotopic (exact) mass is 297 g/mol. The average Bonchev–Trinajstić information content (AvgIpc) is 2.43. The van der Waals surface area contributed by atoms with Crippen LogP contribution in [0.15, 0.2) is 46.7 Å². The Hall–Kier alpha value is -1.66. The molecule has 1 amide bonds. The quantitative estimate of drug-likeness (QED) is 0.770. The first kappa shape index (κ1) is 16.4. The van der Waals surface area contributed by atoms with Crippen LogP contribution in [0, 0.1) is 5.92 Å². The van der Waals surface area contributed by atoms with Gasteiger partial charge >= 0.3 is 0 Å². The lowest BCUT2D eigenvalue weighted by atomic mass is 10.1. The maximum atomic E-state index is 11.9. The summed E-state index contributed by atoms with van der Waals surface area (Å²) in [5, 5.41) is 12.8. The number of benzene rings is 1. The second-order valence-electron chi connectivity index (χ2n) is 4.72. The molecule has 0 aliphatic rings. The van der Waals surface area contributed by atoms with E-state index in [1.807, 2.05) is 13.8 Å². The van der Waals surface area contributed by atoms with Gasteiger partial charge in [-0.2, -0.15) is 0 Å². The van der Waals surface area contributed by atoms with Crippen molar-refractivity contribution in [3.63, 3.8) is 0 Å². The van der Waals surface area contributed by atoms with Gasteiger partial charge in [0.15, 0.2) is 9.84 Å². The van der Waals surface area contributed by atoms with Crippen LogP contribution in [0.5, 0.6) is 0 Å². The molecule has 1 rings (SSSR count). The Balaban J connectivity index is 2.62. The Labute approximate surface area is 119 Å². The molecule has 0 aromatic heterocycles. The first-order valence-electron chi connectivity index (χ1n) is 6.27. The summed E-state index contributed by atoms with van der Waals surface area (Å²) in [5.41, 5.74) is 0. The van der Waals surface area contributed by atoms with Crippen LogP contribution in [0.2, 0.25) is 0 Å². The Morgan fingerprint density at radius 3 is 2.45 bits per heavy atom. The molecule has 6 heteroatoms. The molecule has 2 N–H and O–H groups in total. The standard InChI is InChI=1S/C14H19NO4S/c1-11(2)13(16)10-15-14(17)8-9-20(18,19)12-6-4-3-5-7-12/h3-9,11,13,16H,10H2,1-2H3,(H,15,17)/b9-8+. The third-order valence-corrected chi connectivity index (χ3v) is 4.15. The fourth-order valence-corrected chi connectivity index (χ4v) is 2.34. The number of aliphatic hydroxyl groups is 1. The number of nitrogens with one attached hydrogen (secondary N) is 1. The van der Waals surface area contributed by atoms with E-state index in [4.69, 9.17) is 0 Å². The zero-order chi connectivity index (χ0) is 15.2. The molecule has 110 valence electrons. The minimum atomic E-state index is -3.61. The van der Waals surface area contributed by atoms with Crippen LogP contribution in [0.3, 0.4) is 0 Å². The molecule has 0 bridgehead atoms. The molecular weight excluding hydrogens is 278 g/mol. The molecule has 0 fully saturated rings. The summed E-state index contributed by atoms with van der Waals surface area (Å²) in [6.07, 6.45) is 0.299. The van der Waals surface area contributed by atoms with Crippen molar-refractivity contribution in [2.75, 3.05) is 6.54 Å². The minimum absolute atomic E-state index is 0.0207. The molecule has 5 nitrogen and oxygen atoms in total. The number of carbonyl (C=O) groups excluding carboxylic acids is 1. The van der Waals surface area contributed by atoms with Gasteiger partial charge in [0.2, 0.25) is 5.91 Å². The van der Waals surface area contributed by atoms with Gasteiger partial charge in [0.05, 0.1) is 11.0 Å². The normalized spacial score (nSPS) is 13.6. The van der Waals surface area contributed by atoms with Crippen molar-refractivity contribution >= 4 is 15.7 Å². The van der Waals surface area contributed by atoms with E-state index in [0.29, 0.717) is 0 Å². The molecule has 0 spiro atoms. The summed E-state index contributed by atoms with van der Waals surface area (Å²) < 4.78 is 23.7. The van der Waals surface area contributed by atoms with Crippen molar-refractivity contribution in [3.8, 4) is 0 Å². The number of rotatable bonds is 6. The van der Waals surface area contributed by atoms with Gasteiger partial charge in [0.1, 0.15) is 0 Å². The van der Waals surface area contributed by atoms with Crippen LogP contribution >= 0.6 is 0 Å². The van der Waals surface area contributed by atoms with E-state index in [2.05, 4.69) is 5.32 Å². The topological polar surface area (TPSA) is 83.5 Å². The van der Waals surface area contributed by atoms with E-state index < -0.39 is 21.8 Å². The minimum Gasteiger partial charge on any atom is -0.391 e. The van der Waals surface area contributed by atoms with Crippen molar-refractivity contribution in [3.05, 3.63) is 41.8 Å². The van der Waals surface area contributed by atoms with Crippen LogP contribution in [-0.4, -0.2) is 32.1 Å². The second kappa shape index (κ2) is 7.21. The number of sulfone groups is 1. The predicted octanol–water partition coefficient (Wildman–Crippen LogP) is 1.11. The van der Waals surface area contributed by atoms with Crippen LogP contribution in [-0.2, 0) is 14.6 Å². The highest BCUT2D eigenvalue weighted by Gasteiger charge is 2.12. The summed E-state index contributed by atoms with van der Waals surface area (Å²) in [5.74, 6) is -0.531. The van der Waals surface area contributed by atoms with Crippen molar-refractivity contribution in [1.29, 1.82) is 0 Å². The van der Waals surface area contributed by atoms with Gasteiger partial charge in [-0.3, -0.25) is 4.79 Å². The molecule has 0 aliphatic carbocycles. The highest BCUT2D eigenvalue weighted by atomic mass is 32.2. The highest BCUT2D eigenvalue weighted by molar-refractivity contribution is 7.94. The molecule has 0 saturated heterocycles. The number of amides is 1. The smallest absolute Gasteiger partial charge is 0.244 e. The Morgan fingerprint density at radius 1 is 1.30 bits per heavy atom. The number of carbonyl (C=O) groups is 1. The summed E-state index contributed by atoms with van der Waals surface area (Å²) >= 11 is 0. The zero-order valence-electron chi connectivity index (χ0n) is 11.5. The summed E-state index contributed by atoms with van der Waals surface area (Å²) in [4.78, 5) is 11.6. The van der Waals surface area contributed by atoms with Crippen LogP contribution in [0.4, 0.5) is 0 Å². The van der Waals surface area contributed by atoms with Gasteiger partial charge in [-0.05, 0) is 18.1 Å². The predicted molar refractivity (Wildman–Crippen MR) is 76.6 cm³/mol. The van der Waals surface area contributed by atoms with Gasteiger partial charge in [0.25, 0.3) is 0 Å². The third-order valence-electron chi connectivity index (χ3n) is 2.73. The summed E-state index contributed by atoms with van der Waals surface area (Å²) in [7, 11) is -3.61. The van der Waals surface area contributed by atoms with Crippen molar-refractivity contribution in [2.45, 2.75) is 24.8 Å². The van der Waals surface area contributed by atoms with Gasteiger partial charge in [0, 0.05) is 18.0 Å². The number of aliphatic hydroxyl groups excluding tert-OH is 1. The van der Waals surface area contributed by atoms with Crippen molar-refractivity contribution in [1.82, 2.24) is 5.32 Å². The fourth-order valence-electron chi connectivity index (χ4n) is 1.34. The fraction of sp³-hybridized carbons (Fsp3) is 0.357. The number of hydrogen-bond acceptors (Lipinski definition) is 4. The molecule has 1 aromatic rings. The van der Waals surface area contributed by atoms with E-state index in [9.17, 15) is 18.3 Å². The lowest BCUT2D eigenvalue weighted by Crippen LogP contribution is -2.33. The summed E-state index contributed by atoms with van der Waals surface area (Å²) in [6.45, 7) is 3.74. The van der Waals surface area contributed by atoms with Crippen LogP contribution in [0.25, 0.3) is 0 Å². The Morgan fingerprint density at radius 2 is 1.90 bits per heavy atom. The first-order chi connectivity index (χ1) is 9.33. The van der Waals surface area contributed by atoms with Gasteiger partial charge in [-0.25, -0.2) is 8.42 Å². The maximum absolute atomic E-state index is 11.9. The molecular formula is C14H19NO4S. The molecule has 1 aromatic carbocycles. The Bertz CT molecular complexity index is 564. The van der Waals surface area contributed by atoms with Crippen LogP contribution < -0.4 is 5.32 Å². The second-order valence-corrected chi connectivity index (χ2v) is 6.55. The zero-order valence-corrected chi connectivity index (χ0v) is 12.3. The lowest BCUT2D eigenvalue weighted by molar-refractivity contribution is -0.117. The van der Waals surface area contributed by atoms with E-state index in [1.165, 1.54) is 12.1 Å². The molecule has 0 saturated carbocycles. The number of hydrogen-bond donors (Lipinski definition) is 2. The summed E-state index contributed by atoms with van der Waals surface area (Å²) in [6, 6.07) is 7.85. The first-order valence-corrected chi connectivity index (χ1v) is 7.81. The van der Waals surface area contributed by atoms with Crippen LogP contribution in [0.1, 0.15) is 13.8 Å². The molecule has 1 unspecified atom stereocenters. The average molecular weight is 297 g/mol. The maximum Gasteiger partial charge on any atom is 0.244 e. The Kier molecular flexibility index (Phi) is 5.91. The molecule has 0 aliphatic heterocycles. The van der Waals surface area contributed by atoms with Gasteiger partial charge in [-0.1, -0.05) is 32.0 Å². The molecule has 0 heterocycles. The van der Waals surface area contributed by atoms with Crippen molar-refractivity contribution < 1.29 is 18.3 Å². The van der Waals surface area contributed by atoms with E-state index in [-0.39, 0.29) is 17.4 Å². The largest absolute Gasteiger partial charge is 0.391 e. The van der Waals surface area contributed by atoms with E-state index in [1.54, 1.807) is 18.2 Å². The van der Waals surface area contributed by atoms with Gasteiger partial charge < -0.3 is 10.4 Å². The highest BCUT2D eigenvalue weighted by Crippen LogP contribution is 2.10. The lowest BCUT2D eigenvalue weighted by Gasteiger charge is -2.13. The third kappa shape index (κ3) is 5.14. The van der Waals surface area contributed by atoms with E-state index >= 15 is 0 Å². The van der Waals surface area contributed by atoms with Crippen molar-refractivity contribution in [2.24, 2.45) is 5.92 Å². The SMILES string of the molecule is CC(C)C(O)CNC(=O)/C=C/S(=O)(=O)c1ccccc1.